The van der Waals surface area contributed by atoms with E-state index in [1.807, 2.05) is 24.3 Å². The zero-order valence-corrected chi connectivity index (χ0v) is 11.5. The fourth-order valence-electron chi connectivity index (χ4n) is 3.31. The average molecular weight is 285 g/mol. The number of aryl methyl sites for hydroxylation is 1. The molecule has 0 radical (unpaired) electrons. The summed E-state index contributed by atoms with van der Waals surface area (Å²) in [5, 5.41) is 1.10. The SMILES string of the molecule is O=C1CCC(=O)OC2(CCCc3c2[nH]c2ccccc32)O1. The van der Waals surface area contributed by atoms with Gasteiger partial charge in [-0.25, -0.2) is 0 Å². The van der Waals surface area contributed by atoms with Gasteiger partial charge in [0, 0.05) is 17.3 Å². The summed E-state index contributed by atoms with van der Waals surface area (Å²) in [5.74, 6) is -2.03. The first kappa shape index (κ1) is 12.4. The van der Waals surface area contributed by atoms with Crippen molar-refractivity contribution in [3.8, 4) is 0 Å². The summed E-state index contributed by atoms with van der Waals surface area (Å²) >= 11 is 0. The highest BCUT2D eigenvalue weighted by atomic mass is 16.7. The number of rotatable bonds is 0. The molecule has 2 heterocycles. The van der Waals surface area contributed by atoms with E-state index < -0.39 is 5.79 Å². The second-order valence-corrected chi connectivity index (χ2v) is 5.58. The van der Waals surface area contributed by atoms with E-state index in [1.165, 1.54) is 0 Å². The number of nitrogens with one attached hydrogen (secondary N) is 1. The Morgan fingerprint density at radius 2 is 1.71 bits per heavy atom. The van der Waals surface area contributed by atoms with Crippen molar-refractivity contribution >= 4 is 22.8 Å². The maximum atomic E-state index is 11.9. The molecule has 5 nitrogen and oxygen atoms in total. The summed E-state index contributed by atoms with van der Waals surface area (Å²) in [7, 11) is 0. The molecule has 1 spiro atoms. The smallest absolute Gasteiger partial charge is 0.309 e. The summed E-state index contributed by atoms with van der Waals surface area (Å²) in [6.45, 7) is 0. The minimum atomic E-state index is -1.27. The highest BCUT2D eigenvalue weighted by molar-refractivity contribution is 5.86. The number of ether oxygens (including phenoxy) is 2. The lowest BCUT2D eigenvalue weighted by Gasteiger charge is -2.34. The zero-order valence-electron chi connectivity index (χ0n) is 11.5. The molecule has 1 aromatic heterocycles. The van der Waals surface area contributed by atoms with Crippen LogP contribution in [-0.2, 0) is 31.3 Å². The van der Waals surface area contributed by atoms with E-state index in [4.69, 9.17) is 9.47 Å². The first-order valence-electron chi connectivity index (χ1n) is 7.22. The van der Waals surface area contributed by atoms with Crippen LogP contribution in [0.25, 0.3) is 10.9 Å². The Labute approximate surface area is 121 Å². The lowest BCUT2D eigenvalue weighted by Crippen LogP contribution is -2.38. The number of benzene rings is 1. The summed E-state index contributed by atoms with van der Waals surface area (Å²) in [5.41, 5.74) is 2.78. The van der Waals surface area contributed by atoms with Crippen molar-refractivity contribution in [2.24, 2.45) is 0 Å². The number of H-pyrrole nitrogens is 1. The molecule has 0 atom stereocenters. The van der Waals surface area contributed by atoms with Crippen LogP contribution in [0.5, 0.6) is 0 Å². The Morgan fingerprint density at radius 1 is 1.00 bits per heavy atom. The number of hydrogen-bond donors (Lipinski definition) is 1. The molecule has 1 fully saturated rings. The standard InChI is InChI=1S/C16H15NO4/c18-13-7-8-14(19)21-16(20-13)9-3-5-11-10-4-1-2-6-12(10)17-15(11)16/h1-2,4,6,17H,3,5,7-9H2. The van der Waals surface area contributed by atoms with Gasteiger partial charge < -0.3 is 14.5 Å². The predicted molar refractivity (Wildman–Crippen MR) is 74.3 cm³/mol. The van der Waals surface area contributed by atoms with E-state index in [0.29, 0.717) is 6.42 Å². The molecular weight excluding hydrogens is 270 g/mol. The van der Waals surface area contributed by atoms with Crippen molar-refractivity contribution in [2.75, 3.05) is 0 Å². The summed E-state index contributed by atoms with van der Waals surface area (Å²) in [6.07, 6.45) is 2.36. The molecule has 5 heteroatoms. The normalized spacial score (nSPS) is 20.8. The van der Waals surface area contributed by atoms with E-state index in [2.05, 4.69) is 4.98 Å². The second-order valence-electron chi connectivity index (χ2n) is 5.58. The molecule has 0 amide bonds. The topological polar surface area (TPSA) is 68.4 Å². The van der Waals surface area contributed by atoms with Gasteiger partial charge in [-0.2, -0.15) is 0 Å². The van der Waals surface area contributed by atoms with Crippen molar-refractivity contribution in [3.63, 3.8) is 0 Å². The lowest BCUT2D eigenvalue weighted by atomic mass is 9.90. The van der Waals surface area contributed by atoms with Gasteiger partial charge in [-0.05, 0) is 24.5 Å². The third-order valence-corrected chi connectivity index (χ3v) is 4.22. The van der Waals surface area contributed by atoms with Gasteiger partial charge in [0.15, 0.2) is 0 Å². The van der Waals surface area contributed by atoms with Crippen molar-refractivity contribution in [2.45, 2.75) is 37.9 Å². The number of esters is 2. The van der Waals surface area contributed by atoms with Gasteiger partial charge in [-0.15, -0.1) is 0 Å². The monoisotopic (exact) mass is 285 g/mol. The quantitative estimate of drug-likeness (QED) is 0.755. The lowest BCUT2D eigenvalue weighted by molar-refractivity contribution is -0.234. The number of aromatic amines is 1. The van der Waals surface area contributed by atoms with E-state index >= 15 is 0 Å². The van der Waals surface area contributed by atoms with Crippen molar-refractivity contribution < 1.29 is 19.1 Å². The molecular formula is C16H15NO4. The first-order chi connectivity index (χ1) is 10.2. The molecule has 0 saturated carbocycles. The Balaban J connectivity index is 1.92. The number of carbonyl (C=O) groups excluding carboxylic acids is 2. The molecule has 0 bridgehead atoms. The molecule has 108 valence electrons. The maximum Gasteiger partial charge on any atom is 0.309 e. The number of carbonyl (C=O) groups is 2. The second kappa shape index (κ2) is 4.35. The van der Waals surface area contributed by atoms with E-state index in [1.54, 1.807) is 0 Å². The molecule has 21 heavy (non-hydrogen) atoms. The third-order valence-electron chi connectivity index (χ3n) is 4.22. The van der Waals surface area contributed by atoms with Gasteiger partial charge >= 0.3 is 11.9 Å². The van der Waals surface area contributed by atoms with Crippen LogP contribution < -0.4 is 0 Å². The van der Waals surface area contributed by atoms with Crippen molar-refractivity contribution in [1.29, 1.82) is 0 Å². The zero-order chi connectivity index (χ0) is 14.4. The third kappa shape index (κ3) is 1.84. The van der Waals surface area contributed by atoms with Crippen LogP contribution in [0.1, 0.15) is 36.9 Å². The fourth-order valence-corrected chi connectivity index (χ4v) is 3.31. The van der Waals surface area contributed by atoms with Crippen molar-refractivity contribution in [3.05, 3.63) is 35.5 Å². The predicted octanol–water partition coefficient (Wildman–Crippen LogP) is 2.54. The number of fused-ring (bicyclic) bond motifs is 4. The van der Waals surface area contributed by atoms with Gasteiger partial charge in [0.25, 0.3) is 5.79 Å². The largest absolute Gasteiger partial charge is 0.416 e. The van der Waals surface area contributed by atoms with E-state index in [0.717, 1.165) is 35.0 Å². The molecule has 1 aliphatic heterocycles. The van der Waals surface area contributed by atoms with Crippen LogP contribution in [-0.4, -0.2) is 16.9 Å². The van der Waals surface area contributed by atoms with Crippen LogP contribution in [0, 0.1) is 0 Å². The van der Waals surface area contributed by atoms with Gasteiger partial charge in [-0.3, -0.25) is 9.59 Å². The Kier molecular flexibility index (Phi) is 2.58. The number of aromatic nitrogens is 1. The number of para-hydroxylation sites is 1. The van der Waals surface area contributed by atoms with Gasteiger partial charge in [-0.1, -0.05) is 18.2 Å². The maximum absolute atomic E-state index is 11.9. The van der Waals surface area contributed by atoms with E-state index in [-0.39, 0.29) is 24.8 Å². The van der Waals surface area contributed by atoms with Crippen LogP contribution in [0.4, 0.5) is 0 Å². The van der Waals surface area contributed by atoms with Crippen LogP contribution in [0.15, 0.2) is 24.3 Å². The number of hydrogen-bond acceptors (Lipinski definition) is 4. The highest BCUT2D eigenvalue weighted by Crippen LogP contribution is 2.43. The minimum absolute atomic E-state index is 0.0795. The Bertz CT molecular complexity index is 728. The van der Waals surface area contributed by atoms with Crippen LogP contribution in [0.3, 0.4) is 0 Å². The van der Waals surface area contributed by atoms with E-state index in [9.17, 15) is 9.59 Å². The van der Waals surface area contributed by atoms with Gasteiger partial charge in [0.1, 0.15) is 5.69 Å². The van der Waals surface area contributed by atoms with Crippen molar-refractivity contribution in [1.82, 2.24) is 4.98 Å². The van der Waals surface area contributed by atoms with Gasteiger partial charge in [0.2, 0.25) is 0 Å². The highest BCUT2D eigenvalue weighted by Gasteiger charge is 2.47. The average Bonchev–Trinajstić information content (AvgIpc) is 2.79. The molecule has 0 unspecified atom stereocenters. The molecule has 1 aliphatic carbocycles. The summed E-state index contributed by atoms with van der Waals surface area (Å²) in [4.78, 5) is 27.0. The first-order valence-corrected chi connectivity index (χ1v) is 7.22. The molecule has 2 aliphatic rings. The van der Waals surface area contributed by atoms with Crippen LogP contribution >= 0.6 is 0 Å². The molecule has 4 rings (SSSR count). The summed E-state index contributed by atoms with van der Waals surface area (Å²) in [6, 6.07) is 7.93. The van der Waals surface area contributed by atoms with Crippen LogP contribution in [0.2, 0.25) is 0 Å². The molecule has 1 N–H and O–H groups in total. The Morgan fingerprint density at radius 3 is 2.48 bits per heavy atom. The fraction of sp³-hybridized carbons (Fsp3) is 0.375. The molecule has 1 saturated heterocycles. The molecule has 1 aromatic carbocycles. The summed E-state index contributed by atoms with van der Waals surface area (Å²) < 4.78 is 11.1. The Hall–Kier alpha value is -2.30. The molecule has 2 aromatic rings. The van der Waals surface area contributed by atoms with Gasteiger partial charge in [0.05, 0.1) is 12.8 Å². The minimum Gasteiger partial charge on any atom is -0.416 e.